The monoisotopic (exact) mass is 604 g/mol. The number of nitrogens with one attached hydrogen (secondary N) is 1. The zero-order valence-electron chi connectivity index (χ0n) is 25.7. The van der Waals surface area contributed by atoms with E-state index in [9.17, 15) is 14.0 Å². The van der Waals surface area contributed by atoms with Gasteiger partial charge in [0.15, 0.2) is 5.75 Å². The van der Waals surface area contributed by atoms with Crippen LogP contribution < -0.4 is 26.1 Å². The van der Waals surface area contributed by atoms with Gasteiger partial charge in [-0.25, -0.2) is 4.39 Å². The third kappa shape index (κ3) is 8.51. The average molecular weight is 605 g/mol. The van der Waals surface area contributed by atoms with Crippen molar-refractivity contribution in [3.8, 4) is 17.0 Å². The maximum Gasteiger partial charge on any atom is 0.283 e. The van der Waals surface area contributed by atoms with E-state index in [-0.39, 0.29) is 28.8 Å². The molecule has 8 heteroatoms. The van der Waals surface area contributed by atoms with Crippen LogP contribution in [-0.4, -0.2) is 29.6 Å². The molecule has 1 N–H and O–H groups in total. The molecule has 0 atom stereocenters. The number of rotatable bonds is 13. The Labute approximate surface area is 257 Å². The van der Waals surface area contributed by atoms with Crippen LogP contribution in [0.3, 0.4) is 0 Å². The van der Waals surface area contributed by atoms with E-state index in [4.69, 9.17) is 9.47 Å². The number of thioether (sulfide) groups is 1. The van der Waals surface area contributed by atoms with Gasteiger partial charge in [0.2, 0.25) is 5.43 Å². The molecule has 1 amide bonds. The molecular formula is C35H41FN2O4S. The number of ether oxygens (including phenoxy) is 2. The number of amides is 1. The van der Waals surface area contributed by atoms with Crippen molar-refractivity contribution in [2.24, 2.45) is 0 Å². The molecule has 2 aromatic rings. The summed E-state index contributed by atoms with van der Waals surface area (Å²) in [6.07, 6.45) is 12.4. The topological polar surface area (TPSA) is 69.6 Å². The molecule has 0 unspecified atom stereocenters. The maximum atomic E-state index is 14.1. The highest BCUT2D eigenvalue weighted by Crippen LogP contribution is 2.29. The first-order chi connectivity index (χ1) is 20.6. The molecule has 1 aromatic heterocycles. The van der Waals surface area contributed by atoms with Gasteiger partial charge in [-0.15, -0.1) is 0 Å². The summed E-state index contributed by atoms with van der Waals surface area (Å²) in [5.41, 5.74) is 3.35. The van der Waals surface area contributed by atoms with Crippen LogP contribution in [0.25, 0.3) is 23.9 Å². The van der Waals surface area contributed by atoms with Crippen molar-refractivity contribution in [3.05, 3.63) is 109 Å². The van der Waals surface area contributed by atoms with E-state index in [2.05, 4.69) is 18.5 Å². The Morgan fingerprint density at radius 1 is 1.23 bits per heavy atom. The lowest BCUT2D eigenvalue weighted by Crippen LogP contribution is -2.45. The number of halogens is 1. The summed E-state index contributed by atoms with van der Waals surface area (Å²) < 4.78 is 28.2. The zero-order valence-corrected chi connectivity index (χ0v) is 26.5. The first-order valence-corrected chi connectivity index (χ1v) is 15.2. The van der Waals surface area contributed by atoms with Gasteiger partial charge in [-0.3, -0.25) is 9.59 Å². The lowest BCUT2D eigenvalue weighted by Gasteiger charge is -2.19. The molecule has 228 valence electrons. The van der Waals surface area contributed by atoms with Crippen LogP contribution in [0.15, 0.2) is 81.8 Å². The first kappa shape index (κ1) is 33.5. The first-order valence-electron chi connectivity index (χ1n) is 14.4. The summed E-state index contributed by atoms with van der Waals surface area (Å²) in [5.74, 6) is 0.710. The Bertz CT molecular complexity index is 1660. The molecular weight excluding hydrogens is 563 g/mol. The lowest BCUT2D eigenvalue weighted by molar-refractivity contribution is 0.178. The van der Waals surface area contributed by atoms with Gasteiger partial charge >= 0.3 is 0 Å². The van der Waals surface area contributed by atoms with E-state index < -0.39 is 0 Å². The SMILES string of the molecule is C=C(C=CC/C(=C\C)OCCCOc1c(-c2ccc(F)c(C)c2)n(CC)c(=C)/c(=C\C=C/C)c1=O)/C(C)=C1\CNC(=O)S1. The number of hydrogen-bond acceptors (Lipinski definition) is 5. The Balaban J connectivity index is 1.72. The third-order valence-corrected chi connectivity index (χ3v) is 8.09. The van der Waals surface area contributed by atoms with Gasteiger partial charge in [-0.1, -0.05) is 37.5 Å². The summed E-state index contributed by atoms with van der Waals surface area (Å²) in [4.78, 5) is 26.1. The molecule has 1 aromatic carbocycles. The fourth-order valence-corrected chi connectivity index (χ4v) is 5.35. The predicted molar refractivity (Wildman–Crippen MR) is 177 cm³/mol. The average Bonchev–Trinajstić information content (AvgIpc) is 3.43. The van der Waals surface area contributed by atoms with E-state index in [0.717, 1.165) is 21.8 Å². The fraction of sp³-hybridized carbons (Fsp3) is 0.314. The van der Waals surface area contributed by atoms with Crippen LogP contribution in [0.4, 0.5) is 9.18 Å². The van der Waals surface area contributed by atoms with E-state index in [1.807, 2.05) is 56.6 Å². The third-order valence-electron chi connectivity index (χ3n) is 7.07. The second-order valence-corrected chi connectivity index (χ2v) is 11.1. The molecule has 1 aliphatic rings. The van der Waals surface area contributed by atoms with Crippen molar-refractivity contribution >= 4 is 29.7 Å². The van der Waals surface area contributed by atoms with Crippen molar-refractivity contribution in [1.82, 2.24) is 9.88 Å². The molecule has 3 rings (SSSR count). The van der Waals surface area contributed by atoms with Gasteiger partial charge in [-0.2, -0.15) is 0 Å². The van der Waals surface area contributed by atoms with Gasteiger partial charge in [0.05, 0.1) is 31.2 Å². The Hall–Kier alpha value is -4.04. The molecule has 1 fully saturated rings. The van der Waals surface area contributed by atoms with Gasteiger partial charge < -0.3 is 19.4 Å². The van der Waals surface area contributed by atoms with Crippen LogP contribution in [-0.2, 0) is 11.3 Å². The van der Waals surface area contributed by atoms with Crippen LogP contribution in [0.2, 0.25) is 0 Å². The molecule has 2 heterocycles. The largest absolute Gasteiger partial charge is 0.498 e. The summed E-state index contributed by atoms with van der Waals surface area (Å²) in [7, 11) is 0. The number of aromatic nitrogens is 1. The second-order valence-electron chi connectivity index (χ2n) is 10.00. The van der Waals surface area contributed by atoms with Crippen LogP contribution in [0.1, 0.15) is 46.1 Å². The van der Waals surface area contributed by atoms with Gasteiger partial charge in [0.1, 0.15) is 5.82 Å². The lowest BCUT2D eigenvalue weighted by atomic mass is 10.1. The minimum Gasteiger partial charge on any atom is -0.498 e. The van der Waals surface area contributed by atoms with Crippen LogP contribution >= 0.6 is 11.8 Å². The molecule has 0 spiro atoms. The standard InChI is InChI=1S/C35H41FN2O4S/c1-8-11-16-29-26(7)38(10-3)32(27-17-18-30(36)24(5)21-27)34(33(29)39)42-20-13-19-41-28(9-2)15-12-14-23(4)25(6)31-22-37-35(40)43-31/h8-9,11-12,14,16-18,21H,4,7,10,13,15,19-20,22H2,1-3,5-6H3,(H,37,40)/b11-8-,14-12?,28-9+,29-16+,31-25+. The zero-order chi connectivity index (χ0) is 31.5. The van der Waals surface area contributed by atoms with E-state index in [1.54, 1.807) is 31.2 Å². The molecule has 0 aliphatic carbocycles. The number of hydrogen-bond donors (Lipinski definition) is 1. The predicted octanol–water partition coefficient (Wildman–Crippen LogP) is 6.67. The smallest absolute Gasteiger partial charge is 0.283 e. The Morgan fingerprint density at radius 3 is 2.63 bits per heavy atom. The maximum absolute atomic E-state index is 14.1. The van der Waals surface area contributed by atoms with Crippen molar-refractivity contribution in [1.29, 1.82) is 0 Å². The number of benzene rings is 1. The Morgan fingerprint density at radius 2 is 2.00 bits per heavy atom. The summed E-state index contributed by atoms with van der Waals surface area (Å²) in [5, 5.41) is 3.79. The van der Waals surface area contributed by atoms with Crippen molar-refractivity contribution in [3.63, 3.8) is 0 Å². The molecule has 0 radical (unpaired) electrons. The molecule has 43 heavy (non-hydrogen) atoms. The van der Waals surface area contributed by atoms with Crippen LogP contribution in [0.5, 0.6) is 5.75 Å². The van der Waals surface area contributed by atoms with Crippen molar-refractivity contribution in [2.75, 3.05) is 19.8 Å². The van der Waals surface area contributed by atoms with E-state index >= 15 is 0 Å². The van der Waals surface area contributed by atoms with Gasteiger partial charge in [-0.05, 0) is 93.4 Å². The van der Waals surface area contributed by atoms with Gasteiger partial charge in [0, 0.05) is 40.4 Å². The highest BCUT2D eigenvalue weighted by molar-refractivity contribution is 8.17. The van der Waals surface area contributed by atoms with Crippen LogP contribution in [0, 0.1) is 12.7 Å². The quantitative estimate of drug-likeness (QED) is 0.157. The highest BCUT2D eigenvalue weighted by atomic mass is 32.2. The number of carbonyl (C=O) groups excluding carboxylic acids is 1. The molecule has 0 bridgehead atoms. The Kier molecular flexibility index (Phi) is 12.4. The highest BCUT2D eigenvalue weighted by Gasteiger charge is 2.19. The normalized spacial score (nSPS) is 15.4. The summed E-state index contributed by atoms with van der Waals surface area (Å²) in [6, 6.07) is 4.79. The molecule has 0 saturated carbocycles. The molecule has 6 nitrogen and oxygen atoms in total. The number of allylic oxidation sites excluding steroid dienone is 7. The number of aryl methyl sites for hydroxylation is 1. The van der Waals surface area contributed by atoms with Crippen molar-refractivity contribution in [2.45, 2.75) is 54.0 Å². The van der Waals surface area contributed by atoms with Crippen molar-refractivity contribution < 1.29 is 18.7 Å². The summed E-state index contributed by atoms with van der Waals surface area (Å²) >= 11 is 1.21. The van der Waals surface area contributed by atoms with E-state index in [1.165, 1.54) is 17.8 Å². The molecule has 1 saturated heterocycles. The number of carbonyl (C=O) groups is 1. The summed E-state index contributed by atoms with van der Waals surface area (Å²) in [6.45, 7) is 19.5. The second kappa shape index (κ2) is 16.0. The number of nitrogens with zero attached hydrogens (tertiary/aromatic N) is 1. The van der Waals surface area contributed by atoms with Gasteiger partial charge in [0.25, 0.3) is 5.24 Å². The van der Waals surface area contributed by atoms with E-state index in [0.29, 0.717) is 59.9 Å². The minimum absolute atomic E-state index is 0.0377. The molecule has 1 aliphatic heterocycles. The minimum atomic E-state index is -0.311. The fourth-order valence-electron chi connectivity index (χ4n) is 4.55. The number of pyridine rings is 1.